The minimum atomic E-state index is -3.90. The zero-order valence-electron chi connectivity index (χ0n) is 15.1. The first-order chi connectivity index (χ1) is 12.8. The molecule has 0 aromatic heterocycles. The standard InChI is InChI=1S/C20H23ClO5S/c1-15-6-12-18(13-7-15)27(24,25)19(20(22)23)5-3-2-4-14-26-17-10-8-16(21)9-11-17/h6-13,19H,2-5,14H2,1H3,(H,22,23). The van der Waals surface area contributed by atoms with Crippen LogP contribution < -0.4 is 4.74 Å². The zero-order valence-corrected chi connectivity index (χ0v) is 16.7. The van der Waals surface area contributed by atoms with Gasteiger partial charge in [0.25, 0.3) is 0 Å². The van der Waals surface area contributed by atoms with E-state index in [1.54, 1.807) is 36.4 Å². The Kier molecular flexibility index (Phi) is 7.68. The molecule has 5 nitrogen and oxygen atoms in total. The normalized spacial score (nSPS) is 12.5. The highest BCUT2D eigenvalue weighted by Crippen LogP contribution is 2.22. The quantitative estimate of drug-likeness (QED) is 0.582. The Bertz CT molecular complexity index is 845. The number of aryl methyl sites for hydroxylation is 1. The average Bonchev–Trinajstić information content (AvgIpc) is 2.62. The zero-order chi connectivity index (χ0) is 19.9. The van der Waals surface area contributed by atoms with Crippen LogP contribution in [-0.4, -0.2) is 31.4 Å². The fourth-order valence-electron chi connectivity index (χ4n) is 2.63. The second-order valence-corrected chi connectivity index (χ2v) is 8.90. The topological polar surface area (TPSA) is 80.7 Å². The van der Waals surface area contributed by atoms with Crippen LogP contribution >= 0.6 is 11.6 Å². The fraction of sp³-hybridized carbons (Fsp3) is 0.350. The SMILES string of the molecule is Cc1ccc(S(=O)(=O)C(CCCCCOc2ccc(Cl)cc2)C(=O)O)cc1. The number of rotatable bonds is 10. The third-order valence-electron chi connectivity index (χ3n) is 4.19. The van der Waals surface area contributed by atoms with Gasteiger partial charge in [0, 0.05) is 5.02 Å². The number of halogens is 1. The van der Waals surface area contributed by atoms with E-state index in [9.17, 15) is 18.3 Å². The van der Waals surface area contributed by atoms with Crippen LogP contribution in [0.5, 0.6) is 5.75 Å². The molecule has 1 unspecified atom stereocenters. The van der Waals surface area contributed by atoms with Crippen molar-refractivity contribution in [1.29, 1.82) is 0 Å². The van der Waals surface area contributed by atoms with E-state index in [0.717, 1.165) is 5.56 Å². The molecule has 2 aromatic rings. The number of unbranched alkanes of at least 4 members (excludes halogenated alkanes) is 2. The summed E-state index contributed by atoms with van der Waals surface area (Å²) < 4.78 is 30.8. The molecule has 0 fully saturated rings. The smallest absolute Gasteiger partial charge is 0.322 e. The van der Waals surface area contributed by atoms with Crippen LogP contribution in [0.15, 0.2) is 53.4 Å². The molecule has 0 bridgehead atoms. The first kappa shape index (κ1) is 21.3. The van der Waals surface area contributed by atoms with E-state index in [1.807, 2.05) is 6.92 Å². The largest absolute Gasteiger partial charge is 0.494 e. The van der Waals surface area contributed by atoms with E-state index in [1.165, 1.54) is 12.1 Å². The molecule has 0 heterocycles. The Hall–Kier alpha value is -2.05. The van der Waals surface area contributed by atoms with E-state index in [-0.39, 0.29) is 11.3 Å². The minimum absolute atomic E-state index is 0.0478. The maximum Gasteiger partial charge on any atom is 0.322 e. The van der Waals surface area contributed by atoms with Crippen molar-refractivity contribution in [3.8, 4) is 5.75 Å². The number of ether oxygens (including phenoxy) is 1. The van der Waals surface area contributed by atoms with E-state index < -0.39 is 21.1 Å². The molecule has 0 saturated carbocycles. The van der Waals surface area contributed by atoms with Gasteiger partial charge in [0.05, 0.1) is 11.5 Å². The summed E-state index contributed by atoms with van der Waals surface area (Å²) in [6, 6.07) is 13.3. The summed E-state index contributed by atoms with van der Waals surface area (Å²) >= 11 is 5.81. The third kappa shape index (κ3) is 6.26. The molecule has 0 aliphatic heterocycles. The van der Waals surface area contributed by atoms with Crippen LogP contribution in [-0.2, 0) is 14.6 Å². The highest BCUT2D eigenvalue weighted by Gasteiger charge is 2.33. The maximum absolute atomic E-state index is 12.6. The van der Waals surface area contributed by atoms with Crippen LogP contribution in [0.25, 0.3) is 0 Å². The van der Waals surface area contributed by atoms with Crippen molar-refractivity contribution in [1.82, 2.24) is 0 Å². The number of carbonyl (C=O) groups is 1. The second-order valence-electron chi connectivity index (χ2n) is 6.34. The molecular weight excluding hydrogens is 388 g/mol. The fourth-order valence-corrected chi connectivity index (χ4v) is 4.35. The molecule has 1 N–H and O–H groups in total. The van der Waals surface area contributed by atoms with Crippen LogP contribution in [0.2, 0.25) is 5.02 Å². The number of carboxylic acid groups (broad SMARTS) is 1. The number of aliphatic carboxylic acids is 1. The highest BCUT2D eigenvalue weighted by molar-refractivity contribution is 7.92. The molecule has 0 aliphatic rings. The monoisotopic (exact) mass is 410 g/mol. The molecule has 0 saturated heterocycles. The molecule has 1 atom stereocenters. The first-order valence-corrected chi connectivity index (χ1v) is 10.6. The summed E-state index contributed by atoms with van der Waals surface area (Å²) in [5.41, 5.74) is 0.918. The van der Waals surface area contributed by atoms with Gasteiger partial charge in [-0.1, -0.05) is 42.1 Å². The van der Waals surface area contributed by atoms with Gasteiger partial charge in [-0.3, -0.25) is 4.79 Å². The minimum Gasteiger partial charge on any atom is -0.494 e. The molecule has 0 amide bonds. The average molecular weight is 411 g/mol. The Balaban J connectivity index is 1.83. The summed E-state index contributed by atoms with van der Waals surface area (Å²) in [5, 5.41) is 8.59. The molecular formula is C20H23ClO5S. The summed E-state index contributed by atoms with van der Waals surface area (Å²) in [7, 11) is -3.90. The molecule has 146 valence electrons. The Morgan fingerprint density at radius 2 is 1.67 bits per heavy atom. The molecule has 7 heteroatoms. The highest BCUT2D eigenvalue weighted by atomic mass is 35.5. The van der Waals surface area contributed by atoms with E-state index in [0.29, 0.717) is 36.6 Å². The Morgan fingerprint density at radius 1 is 1.04 bits per heavy atom. The maximum atomic E-state index is 12.6. The van der Waals surface area contributed by atoms with Gasteiger partial charge in [-0.15, -0.1) is 0 Å². The van der Waals surface area contributed by atoms with Crippen LogP contribution in [0.4, 0.5) is 0 Å². The summed E-state index contributed by atoms with van der Waals surface area (Å²) in [4.78, 5) is 11.6. The summed E-state index contributed by atoms with van der Waals surface area (Å²) in [5.74, 6) is -0.599. The lowest BCUT2D eigenvalue weighted by Gasteiger charge is -2.14. The molecule has 27 heavy (non-hydrogen) atoms. The number of benzene rings is 2. The van der Waals surface area contributed by atoms with Gasteiger partial charge in [0.2, 0.25) is 0 Å². The van der Waals surface area contributed by atoms with Gasteiger partial charge in [-0.2, -0.15) is 0 Å². The lowest BCUT2D eigenvalue weighted by molar-refractivity contribution is -0.136. The van der Waals surface area contributed by atoms with Crippen LogP contribution in [0.3, 0.4) is 0 Å². The number of hydrogen-bond acceptors (Lipinski definition) is 4. The van der Waals surface area contributed by atoms with E-state index in [4.69, 9.17) is 16.3 Å². The molecule has 0 spiro atoms. The Morgan fingerprint density at radius 3 is 2.26 bits per heavy atom. The molecule has 0 aliphatic carbocycles. The predicted molar refractivity (Wildman–Crippen MR) is 105 cm³/mol. The van der Waals surface area contributed by atoms with Crippen molar-refractivity contribution < 1.29 is 23.1 Å². The van der Waals surface area contributed by atoms with Gasteiger partial charge >= 0.3 is 5.97 Å². The summed E-state index contributed by atoms with van der Waals surface area (Å²) in [6.45, 7) is 2.32. The lowest BCUT2D eigenvalue weighted by Crippen LogP contribution is -2.30. The van der Waals surface area contributed by atoms with Crippen molar-refractivity contribution in [2.45, 2.75) is 42.8 Å². The van der Waals surface area contributed by atoms with Crippen LogP contribution in [0.1, 0.15) is 31.2 Å². The van der Waals surface area contributed by atoms with Gasteiger partial charge in [0.15, 0.2) is 15.1 Å². The third-order valence-corrected chi connectivity index (χ3v) is 6.56. The number of hydrogen-bond donors (Lipinski definition) is 1. The predicted octanol–water partition coefficient (Wildman–Crippen LogP) is 4.51. The van der Waals surface area contributed by atoms with Gasteiger partial charge in [0.1, 0.15) is 5.75 Å². The molecule has 2 rings (SSSR count). The van der Waals surface area contributed by atoms with Crippen LogP contribution in [0, 0.1) is 6.92 Å². The van der Waals surface area contributed by atoms with Crippen molar-refractivity contribution in [3.05, 3.63) is 59.1 Å². The molecule has 0 radical (unpaired) electrons. The lowest BCUT2D eigenvalue weighted by atomic mass is 10.1. The summed E-state index contributed by atoms with van der Waals surface area (Å²) in [6.07, 6.45) is 1.96. The van der Waals surface area contributed by atoms with E-state index >= 15 is 0 Å². The van der Waals surface area contributed by atoms with Gasteiger partial charge < -0.3 is 9.84 Å². The first-order valence-electron chi connectivity index (χ1n) is 8.72. The van der Waals surface area contributed by atoms with Gasteiger partial charge in [-0.25, -0.2) is 8.42 Å². The number of sulfone groups is 1. The van der Waals surface area contributed by atoms with Gasteiger partial charge in [-0.05, 0) is 56.2 Å². The van der Waals surface area contributed by atoms with Crippen molar-refractivity contribution in [2.75, 3.05) is 6.61 Å². The molecule has 2 aromatic carbocycles. The van der Waals surface area contributed by atoms with Crippen molar-refractivity contribution in [3.63, 3.8) is 0 Å². The van der Waals surface area contributed by atoms with E-state index in [2.05, 4.69) is 0 Å². The van der Waals surface area contributed by atoms with Crippen molar-refractivity contribution in [2.24, 2.45) is 0 Å². The van der Waals surface area contributed by atoms with Crippen molar-refractivity contribution >= 4 is 27.4 Å². The second kappa shape index (κ2) is 9.76. The number of carboxylic acids is 1. The Labute approximate surface area is 164 Å².